The van der Waals surface area contributed by atoms with E-state index in [0.29, 0.717) is 0 Å². The molecule has 0 aromatic heterocycles. The highest BCUT2D eigenvalue weighted by atomic mass is 16.5. The SMILES string of the molecule is COc1c(CC(N)c2ccccc2)ccc(C)c1C. The van der Waals surface area contributed by atoms with Crippen molar-refractivity contribution in [3.05, 3.63) is 64.7 Å². The highest BCUT2D eigenvalue weighted by molar-refractivity contribution is 5.46. The molecule has 0 aliphatic carbocycles. The molecule has 0 heterocycles. The zero-order valence-electron chi connectivity index (χ0n) is 11.8. The normalized spacial score (nSPS) is 12.2. The van der Waals surface area contributed by atoms with Gasteiger partial charge in [-0.15, -0.1) is 0 Å². The second-order valence-corrected chi connectivity index (χ2v) is 4.92. The Morgan fingerprint density at radius 2 is 1.74 bits per heavy atom. The molecule has 2 rings (SSSR count). The first kappa shape index (κ1) is 13.6. The van der Waals surface area contributed by atoms with Crippen molar-refractivity contribution in [2.45, 2.75) is 26.3 Å². The van der Waals surface area contributed by atoms with Crippen LogP contribution in [0.15, 0.2) is 42.5 Å². The van der Waals surface area contributed by atoms with Crippen molar-refractivity contribution in [3.63, 3.8) is 0 Å². The van der Waals surface area contributed by atoms with Crippen molar-refractivity contribution in [3.8, 4) is 5.75 Å². The predicted molar refractivity (Wildman–Crippen MR) is 79.5 cm³/mol. The zero-order valence-corrected chi connectivity index (χ0v) is 11.8. The molecule has 0 spiro atoms. The summed E-state index contributed by atoms with van der Waals surface area (Å²) < 4.78 is 5.54. The third-order valence-corrected chi connectivity index (χ3v) is 3.63. The minimum Gasteiger partial charge on any atom is -0.496 e. The minimum atomic E-state index is -0.00259. The lowest BCUT2D eigenvalue weighted by molar-refractivity contribution is 0.404. The van der Waals surface area contributed by atoms with E-state index in [2.05, 4.69) is 38.1 Å². The maximum atomic E-state index is 6.28. The van der Waals surface area contributed by atoms with Crippen LogP contribution in [0.1, 0.15) is 28.3 Å². The zero-order chi connectivity index (χ0) is 13.8. The summed E-state index contributed by atoms with van der Waals surface area (Å²) in [6, 6.07) is 14.4. The van der Waals surface area contributed by atoms with Crippen LogP contribution < -0.4 is 10.5 Å². The molecule has 0 saturated carbocycles. The molecular weight excluding hydrogens is 234 g/mol. The number of hydrogen-bond donors (Lipinski definition) is 1. The van der Waals surface area contributed by atoms with Crippen LogP contribution in [-0.4, -0.2) is 7.11 Å². The standard InChI is InChI=1S/C17H21NO/c1-12-9-10-15(17(19-3)13(12)2)11-16(18)14-7-5-4-6-8-14/h4-10,16H,11,18H2,1-3H3. The summed E-state index contributed by atoms with van der Waals surface area (Å²) in [5.41, 5.74) is 11.0. The maximum absolute atomic E-state index is 6.28. The van der Waals surface area contributed by atoms with Crippen LogP contribution in [0.25, 0.3) is 0 Å². The molecule has 19 heavy (non-hydrogen) atoms. The van der Waals surface area contributed by atoms with Gasteiger partial charge in [-0.05, 0) is 42.5 Å². The van der Waals surface area contributed by atoms with Crippen molar-refractivity contribution in [1.29, 1.82) is 0 Å². The molecule has 2 aromatic carbocycles. The highest BCUT2D eigenvalue weighted by Crippen LogP contribution is 2.29. The molecule has 0 aliphatic rings. The van der Waals surface area contributed by atoms with Crippen LogP contribution in [0.5, 0.6) is 5.75 Å². The van der Waals surface area contributed by atoms with Gasteiger partial charge in [0.05, 0.1) is 7.11 Å². The summed E-state index contributed by atoms with van der Waals surface area (Å²) in [6.07, 6.45) is 0.786. The molecule has 0 aliphatic heterocycles. The molecule has 2 nitrogen and oxygen atoms in total. The number of methoxy groups -OCH3 is 1. The average Bonchev–Trinajstić information content (AvgIpc) is 2.44. The fraction of sp³-hybridized carbons (Fsp3) is 0.294. The summed E-state index contributed by atoms with van der Waals surface area (Å²) in [5.74, 6) is 0.964. The van der Waals surface area contributed by atoms with E-state index in [4.69, 9.17) is 10.5 Å². The molecule has 0 fully saturated rings. The highest BCUT2D eigenvalue weighted by Gasteiger charge is 2.13. The lowest BCUT2D eigenvalue weighted by Gasteiger charge is -2.17. The van der Waals surface area contributed by atoms with E-state index < -0.39 is 0 Å². The first-order valence-corrected chi connectivity index (χ1v) is 6.57. The van der Waals surface area contributed by atoms with E-state index in [1.807, 2.05) is 18.2 Å². The van der Waals surface area contributed by atoms with Gasteiger partial charge in [0.15, 0.2) is 0 Å². The van der Waals surface area contributed by atoms with Crippen molar-refractivity contribution in [1.82, 2.24) is 0 Å². The Morgan fingerprint density at radius 1 is 1.05 bits per heavy atom. The summed E-state index contributed by atoms with van der Waals surface area (Å²) in [5, 5.41) is 0. The number of ether oxygens (including phenoxy) is 1. The monoisotopic (exact) mass is 255 g/mol. The molecule has 0 bridgehead atoms. The first-order valence-electron chi connectivity index (χ1n) is 6.57. The number of aryl methyl sites for hydroxylation is 1. The second kappa shape index (κ2) is 5.89. The van der Waals surface area contributed by atoms with Gasteiger partial charge >= 0.3 is 0 Å². The van der Waals surface area contributed by atoms with Gasteiger partial charge < -0.3 is 10.5 Å². The molecule has 2 aromatic rings. The molecule has 0 saturated heterocycles. The van der Waals surface area contributed by atoms with Gasteiger partial charge in [-0.2, -0.15) is 0 Å². The molecule has 1 unspecified atom stereocenters. The van der Waals surface area contributed by atoms with Gasteiger partial charge in [-0.25, -0.2) is 0 Å². The first-order chi connectivity index (χ1) is 9.13. The Balaban J connectivity index is 2.27. The quantitative estimate of drug-likeness (QED) is 0.906. The maximum Gasteiger partial charge on any atom is 0.125 e. The second-order valence-electron chi connectivity index (χ2n) is 4.92. The average molecular weight is 255 g/mol. The van der Waals surface area contributed by atoms with Gasteiger partial charge in [-0.1, -0.05) is 42.5 Å². The van der Waals surface area contributed by atoms with Crippen LogP contribution in [0.2, 0.25) is 0 Å². The number of rotatable bonds is 4. The molecule has 100 valence electrons. The van der Waals surface area contributed by atoms with Crippen molar-refractivity contribution < 1.29 is 4.74 Å². The smallest absolute Gasteiger partial charge is 0.125 e. The van der Waals surface area contributed by atoms with Crippen LogP contribution >= 0.6 is 0 Å². The largest absolute Gasteiger partial charge is 0.496 e. The van der Waals surface area contributed by atoms with Crippen molar-refractivity contribution >= 4 is 0 Å². The van der Waals surface area contributed by atoms with Crippen molar-refractivity contribution in [2.75, 3.05) is 7.11 Å². The van der Waals surface area contributed by atoms with Crippen molar-refractivity contribution in [2.24, 2.45) is 5.73 Å². The lowest BCUT2D eigenvalue weighted by Crippen LogP contribution is -2.14. The Kier molecular flexibility index (Phi) is 4.23. The minimum absolute atomic E-state index is 0.00259. The Labute approximate surface area is 115 Å². The summed E-state index contributed by atoms with van der Waals surface area (Å²) in [4.78, 5) is 0. The topological polar surface area (TPSA) is 35.2 Å². The molecule has 1 atom stereocenters. The summed E-state index contributed by atoms with van der Waals surface area (Å²) in [6.45, 7) is 4.18. The number of nitrogens with two attached hydrogens (primary N) is 1. The van der Waals surface area contributed by atoms with Gasteiger partial charge in [0.1, 0.15) is 5.75 Å². The van der Waals surface area contributed by atoms with E-state index in [-0.39, 0.29) is 6.04 Å². The van der Waals surface area contributed by atoms with E-state index in [0.717, 1.165) is 17.7 Å². The molecule has 2 heteroatoms. The van der Waals surface area contributed by atoms with E-state index in [9.17, 15) is 0 Å². The Bertz CT molecular complexity index is 549. The van der Waals surface area contributed by atoms with Gasteiger partial charge in [0.2, 0.25) is 0 Å². The Hall–Kier alpha value is -1.80. The van der Waals surface area contributed by atoms with E-state index in [1.54, 1.807) is 7.11 Å². The van der Waals surface area contributed by atoms with Crippen LogP contribution in [0, 0.1) is 13.8 Å². The third-order valence-electron chi connectivity index (χ3n) is 3.63. The molecule has 0 radical (unpaired) electrons. The Morgan fingerprint density at radius 3 is 2.37 bits per heavy atom. The number of hydrogen-bond acceptors (Lipinski definition) is 2. The molecule has 2 N–H and O–H groups in total. The fourth-order valence-electron chi connectivity index (χ4n) is 2.35. The van der Waals surface area contributed by atoms with Crippen LogP contribution in [0.4, 0.5) is 0 Å². The third kappa shape index (κ3) is 2.96. The van der Waals surface area contributed by atoms with Crippen LogP contribution in [0.3, 0.4) is 0 Å². The number of benzene rings is 2. The lowest BCUT2D eigenvalue weighted by atomic mass is 9.96. The van der Waals surface area contributed by atoms with E-state index >= 15 is 0 Å². The van der Waals surface area contributed by atoms with Gasteiger partial charge in [0.25, 0.3) is 0 Å². The van der Waals surface area contributed by atoms with E-state index in [1.165, 1.54) is 16.7 Å². The fourth-order valence-corrected chi connectivity index (χ4v) is 2.35. The van der Waals surface area contributed by atoms with Crippen LogP contribution in [-0.2, 0) is 6.42 Å². The van der Waals surface area contributed by atoms with Gasteiger partial charge in [0, 0.05) is 6.04 Å². The predicted octanol–water partition coefficient (Wildman–Crippen LogP) is 3.55. The molecular formula is C17H21NO. The summed E-state index contributed by atoms with van der Waals surface area (Å²) >= 11 is 0. The van der Waals surface area contributed by atoms with Gasteiger partial charge in [-0.3, -0.25) is 0 Å². The molecule has 0 amide bonds. The summed E-state index contributed by atoms with van der Waals surface area (Å²) in [7, 11) is 1.72.